The summed E-state index contributed by atoms with van der Waals surface area (Å²) in [6, 6.07) is 3.21. The predicted octanol–water partition coefficient (Wildman–Crippen LogP) is 4.37. The van der Waals surface area contributed by atoms with Crippen LogP contribution in [0.3, 0.4) is 0 Å². The zero-order valence-electron chi connectivity index (χ0n) is 12.3. The highest BCUT2D eigenvalue weighted by molar-refractivity contribution is 7.91. The zero-order valence-corrected chi connectivity index (χ0v) is 14.7. The van der Waals surface area contributed by atoms with Crippen LogP contribution in [0.25, 0.3) is 0 Å². The fourth-order valence-corrected chi connectivity index (χ4v) is 6.96. The molecule has 6 heteroatoms. The third-order valence-electron chi connectivity index (χ3n) is 4.95. The average molecular weight is 358 g/mol. The lowest BCUT2D eigenvalue weighted by atomic mass is 9.77. The Kier molecular flexibility index (Phi) is 4.52. The van der Waals surface area contributed by atoms with E-state index in [0.717, 1.165) is 37.0 Å². The van der Waals surface area contributed by atoms with Crippen molar-refractivity contribution >= 4 is 33.0 Å². The lowest BCUT2D eigenvalue weighted by Gasteiger charge is -2.39. The lowest BCUT2D eigenvalue weighted by molar-refractivity contribution is 0.227. The maximum Gasteiger partial charge on any atom is 0.250 e. The van der Waals surface area contributed by atoms with Gasteiger partial charge in [0.15, 0.2) is 0 Å². The van der Waals surface area contributed by atoms with Gasteiger partial charge in [0, 0.05) is 5.54 Å². The fourth-order valence-electron chi connectivity index (χ4n) is 3.95. The number of nitrogens with one attached hydrogen (secondary N) is 1. The minimum absolute atomic E-state index is 0.289. The fraction of sp³-hybridized carbons (Fsp3) is 0.500. The Morgan fingerprint density at radius 3 is 2.45 bits per heavy atom. The molecule has 1 aromatic rings. The molecule has 1 saturated carbocycles. The monoisotopic (exact) mass is 357 g/mol. The molecule has 0 spiro atoms. The van der Waals surface area contributed by atoms with Crippen LogP contribution in [0.5, 0.6) is 0 Å². The molecule has 1 heterocycles. The van der Waals surface area contributed by atoms with Gasteiger partial charge in [-0.15, -0.1) is 17.9 Å². The van der Waals surface area contributed by atoms with Crippen LogP contribution in [0.4, 0.5) is 0 Å². The van der Waals surface area contributed by atoms with E-state index < -0.39 is 15.6 Å². The molecular weight excluding hydrogens is 338 g/mol. The quantitative estimate of drug-likeness (QED) is 0.795. The van der Waals surface area contributed by atoms with Crippen molar-refractivity contribution in [1.29, 1.82) is 0 Å². The number of sulfonamides is 1. The SMILES string of the molecule is C=CCC1(NS(=O)(=O)c2ccc(Cl)s2)C2CC=CCC1CC2. The molecule has 1 aromatic heterocycles. The maximum absolute atomic E-state index is 12.8. The van der Waals surface area contributed by atoms with Gasteiger partial charge in [0.05, 0.1) is 4.34 Å². The van der Waals surface area contributed by atoms with Crippen LogP contribution < -0.4 is 4.72 Å². The highest BCUT2D eigenvalue weighted by Crippen LogP contribution is 2.49. The molecule has 0 radical (unpaired) electrons. The predicted molar refractivity (Wildman–Crippen MR) is 91.8 cm³/mol. The second-order valence-corrected chi connectivity index (χ2v) is 9.74. The molecule has 0 saturated heterocycles. The van der Waals surface area contributed by atoms with Crippen LogP contribution in [-0.2, 0) is 10.0 Å². The Bertz CT molecular complexity index is 677. The molecule has 1 fully saturated rings. The third kappa shape index (κ3) is 2.80. The summed E-state index contributed by atoms with van der Waals surface area (Å²) in [6.07, 6.45) is 10.9. The minimum Gasteiger partial charge on any atom is -0.206 e. The van der Waals surface area contributed by atoms with Gasteiger partial charge in [-0.1, -0.05) is 29.8 Å². The smallest absolute Gasteiger partial charge is 0.206 e. The molecule has 2 aliphatic rings. The molecule has 0 aliphatic heterocycles. The molecule has 0 aromatic carbocycles. The molecule has 1 N–H and O–H groups in total. The van der Waals surface area contributed by atoms with Crippen molar-refractivity contribution in [3.8, 4) is 0 Å². The molecule has 3 nitrogen and oxygen atoms in total. The number of halogens is 1. The highest BCUT2D eigenvalue weighted by atomic mass is 35.5. The van der Waals surface area contributed by atoms with Gasteiger partial charge in [-0.25, -0.2) is 13.1 Å². The van der Waals surface area contributed by atoms with Gasteiger partial charge in [-0.2, -0.15) is 0 Å². The Morgan fingerprint density at radius 2 is 1.95 bits per heavy atom. The van der Waals surface area contributed by atoms with Gasteiger partial charge in [-0.3, -0.25) is 0 Å². The summed E-state index contributed by atoms with van der Waals surface area (Å²) in [5.41, 5.74) is -0.416. The molecule has 120 valence electrons. The van der Waals surface area contributed by atoms with Gasteiger partial charge in [0.2, 0.25) is 0 Å². The van der Waals surface area contributed by atoms with Crippen molar-refractivity contribution in [2.24, 2.45) is 11.8 Å². The number of allylic oxidation sites excluding steroid dienone is 2. The summed E-state index contributed by atoms with van der Waals surface area (Å²) < 4.78 is 29.5. The van der Waals surface area contributed by atoms with Gasteiger partial charge >= 0.3 is 0 Å². The first-order chi connectivity index (χ1) is 10.5. The van der Waals surface area contributed by atoms with Crippen molar-refractivity contribution < 1.29 is 8.42 Å². The van der Waals surface area contributed by atoms with Crippen molar-refractivity contribution in [2.45, 2.75) is 41.9 Å². The van der Waals surface area contributed by atoms with Gasteiger partial charge in [0.25, 0.3) is 10.0 Å². The summed E-state index contributed by atoms with van der Waals surface area (Å²) in [7, 11) is -3.55. The molecule has 2 bridgehead atoms. The summed E-state index contributed by atoms with van der Waals surface area (Å²) in [4.78, 5) is 0. The van der Waals surface area contributed by atoms with E-state index in [1.54, 1.807) is 12.1 Å². The first-order valence-electron chi connectivity index (χ1n) is 7.53. The first-order valence-corrected chi connectivity index (χ1v) is 10.2. The van der Waals surface area contributed by atoms with Crippen molar-refractivity contribution in [2.75, 3.05) is 0 Å². The summed E-state index contributed by atoms with van der Waals surface area (Å²) >= 11 is 7.00. The Morgan fingerprint density at radius 1 is 1.32 bits per heavy atom. The molecular formula is C16H20ClNO2S2. The standard InChI is InChI=1S/C16H20ClNO2S2/c1-2-11-16(12-5-3-4-6-13(16)8-7-12)18-22(19,20)15-10-9-14(17)21-15/h2-4,9-10,12-13,18H,1,5-8,11H2. The summed E-state index contributed by atoms with van der Waals surface area (Å²) in [6.45, 7) is 3.86. The van der Waals surface area contributed by atoms with Crippen molar-refractivity contribution in [3.05, 3.63) is 41.3 Å². The second-order valence-electron chi connectivity index (χ2n) is 6.11. The molecule has 2 aliphatic carbocycles. The molecule has 0 amide bonds. The van der Waals surface area contributed by atoms with E-state index in [-0.39, 0.29) is 4.21 Å². The molecule has 22 heavy (non-hydrogen) atoms. The van der Waals surface area contributed by atoms with Crippen molar-refractivity contribution in [1.82, 2.24) is 4.72 Å². The number of fused-ring (bicyclic) bond motifs is 2. The lowest BCUT2D eigenvalue weighted by Crippen LogP contribution is -2.54. The second kappa shape index (κ2) is 6.11. The zero-order chi connectivity index (χ0) is 15.8. The van der Waals surface area contributed by atoms with E-state index >= 15 is 0 Å². The Hall–Kier alpha value is -0.620. The van der Waals surface area contributed by atoms with E-state index in [9.17, 15) is 8.42 Å². The third-order valence-corrected chi connectivity index (χ3v) is 8.20. The van der Waals surface area contributed by atoms with E-state index in [2.05, 4.69) is 23.5 Å². The summed E-state index contributed by atoms with van der Waals surface area (Å²) in [5.74, 6) is 0.666. The van der Waals surface area contributed by atoms with Crippen LogP contribution in [0.2, 0.25) is 4.34 Å². The molecule has 2 atom stereocenters. The van der Waals surface area contributed by atoms with Gasteiger partial charge < -0.3 is 0 Å². The average Bonchev–Trinajstić information content (AvgIpc) is 2.93. The van der Waals surface area contributed by atoms with Crippen LogP contribution >= 0.6 is 22.9 Å². The van der Waals surface area contributed by atoms with E-state index in [4.69, 9.17) is 11.6 Å². The van der Waals surface area contributed by atoms with E-state index in [1.165, 1.54) is 0 Å². The molecule has 2 unspecified atom stereocenters. The van der Waals surface area contributed by atoms with E-state index in [1.807, 2.05) is 6.08 Å². The minimum atomic E-state index is -3.55. The topological polar surface area (TPSA) is 46.2 Å². The van der Waals surface area contributed by atoms with Crippen LogP contribution in [0.15, 0.2) is 41.1 Å². The number of thiophene rings is 1. The number of hydrogen-bond acceptors (Lipinski definition) is 3. The Balaban J connectivity index is 1.97. The first kappa shape index (κ1) is 16.2. The molecule has 3 rings (SSSR count). The van der Waals surface area contributed by atoms with Gasteiger partial charge in [0.1, 0.15) is 4.21 Å². The maximum atomic E-state index is 12.8. The highest BCUT2D eigenvalue weighted by Gasteiger charge is 2.51. The van der Waals surface area contributed by atoms with Crippen molar-refractivity contribution in [3.63, 3.8) is 0 Å². The number of rotatable bonds is 5. The van der Waals surface area contributed by atoms with E-state index in [0.29, 0.717) is 22.6 Å². The van der Waals surface area contributed by atoms with Crippen LogP contribution in [0, 0.1) is 11.8 Å². The van der Waals surface area contributed by atoms with Crippen LogP contribution in [-0.4, -0.2) is 14.0 Å². The van der Waals surface area contributed by atoms with Gasteiger partial charge in [-0.05, 0) is 56.1 Å². The Labute approximate surface area is 141 Å². The largest absolute Gasteiger partial charge is 0.250 e. The van der Waals surface area contributed by atoms with Crippen LogP contribution in [0.1, 0.15) is 32.1 Å². The number of hydrogen-bond donors (Lipinski definition) is 1. The normalized spacial score (nSPS) is 31.1. The summed E-state index contributed by atoms with van der Waals surface area (Å²) in [5, 5.41) is 0.